The monoisotopic (exact) mass is 333 g/mol. The number of benzene rings is 1. The van der Waals surface area contributed by atoms with Crippen LogP contribution in [0.1, 0.15) is 19.8 Å². The Morgan fingerprint density at radius 2 is 2.13 bits per heavy atom. The number of hydrogen-bond donors (Lipinski definition) is 0. The number of hydrogen-bond acceptors (Lipinski definition) is 5. The van der Waals surface area contributed by atoms with E-state index in [2.05, 4.69) is 16.0 Å². The summed E-state index contributed by atoms with van der Waals surface area (Å²) in [6.07, 6.45) is 1.43. The Balaban J connectivity index is 1.75. The molecule has 0 saturated carbocycles. The van der Waals surface area contributed by atoms with Gasteiger partial charge in [0.15, 0.2) is 5.13 Å². The molecule has 1 aromatic heterocycles. The summed E-state index contributed by atoms with van der Waals surface area (Å²) in [6, 6.07) is 8.05. The average Bonchev–Trinajstić information content (AvgIpc) is 3.00. The van der Waals surface area contributed by atoms with Crippen LogP contribution < -0.4 is 4.90 Å². The van der Waals surface area contributed by atoms with Gasteiger partial charge in [0.25, 0.3) is 0 Å². The molecule has 3 rings (SSSR count). The number of nitrogens with zero attached hydrogens (tertiary/aromatic N) is 3. The van der Waals surface area contributed by atoms with Crippen LogP contribution in [0.5, 0.6) is 0 Å². The van der Waals surface area contributed by atoms with E-state index in [0.717, 1.165) is 54.6 Å². The fourth-order valence-electron chi connectivity index (χ4n) is 2.72. The van der Waals surface area contributed by atoms with Crippen molar-refractivity contribution in [3.63, 3.8) is 0 Å². The van der Waals surface area contributed by atoms with E-state index in [4.69, 9.17) is 4.74 Å². The second-order valence-corrected chi connectivity index (χ2v) is 6.72. The second-order valence-electron chi connectivity index (χ2n) is 5.71. The van der Waals surface area contributed by atoms with E-state index in [-0.39, 0.29) is 5.91 Å². The average molecular weight is 333 g/mol. The molecule has 0 atom stereocenters. The van der Waals surface area contributed by atoms with Crippen LogP contribution in [-0.4, -0.2) is 55.2 Å². The van der Waals surface area contributed by atoms with Crippen LogP contribution in [0.2, 0.25) is 0 Å². The highest BCUT2D eigenvalue weighted by Gasteiger charge is 2.20. The van der Waals surface area contributed by atoms with E-state index in [0.29, 0.717) is 13.0 Å². The zero-order valence-electron chi connectivity index (χ0n) is 13.5. The van der Waals surface area contributed by atoms with Gasteiger partial charge in [-0.25, -0.2) is 4.98 Å². The van der Waals surface area contributed by atoms with Gasteiger partial charge < -0.3 is 4.74 Å². The lowest BCUT2D eigenvalue weighted by atomic mass is 10.3. The van der Waals surface area contributed by atoms with Crippen molar-refractivity contribution in [2.75, 3.05) is 44.3 Å². The normalized spacial score (nSPS) is 15.9. The largest absolute Gasteiger partial charge is 0.379 e. The number of ether oxygens (including phenoxy) is 1. The van der Waals surface area contributed by atoms with Gasteiger partial charge in [-0.1, -0.05) is 30.4 Å². The van der Waals surface area contributed by atoms with E-state index < -0.39 is 0 Å². The summed E-state index contributed by atoms with van der Waals surface area (Å²) in [5, 5.41) is 0.818. The number of morpholine rings is 1. The van der Waals surface area contributed by atoms with Gasteiger partial charge in [0, 0.05) is 32.6 Å². The molecule has 1 aromatic carbocycles. The first kappa shape index (κ1) is 16.4. The van der Waals surface area contributed by atoms with Crippen LogP contribution in [0.3, 0.4) is 0 Å². The lowest BCUT2D eigenvalue weighted by molar-refractivity contribution is -0.118. The van der Waals surface area contributed by atoms with E-state index in [1.54, 1.807) is 11.3 Å². The van der Waals surface area contributed by atoms with Gasteiger partial charge in [0.2, 0.25) is 5.91 Å². The Labute approximate surface area is 140 Å². The number of rotatable bonds is 6. The lowest BCUT2D eigenvalue weighted by Crippen LogP contribution is -2.43. The van der Waals surface area contributed by atoms with Gasteiger partial charge in [0.1, 0.15) is 0 Å². The smallest absolute Gasteiger partial charge is 0.228 e. The van der Waals surface area contributed by atoms with Crippen molar-refractivity contribution in [3.05, 3.63) is 24.3 Å². The standard InChI is InChI=1S/C17H23N3O2S/c1-2-5-16(21)20(9-8-19-10-12-22-13-11-19)17-18-14-6-3-4-7-15(14)23-17/h3-4,6-7H,2,5,8-13H2,1H3. The summed E-state index contributed by atoms with van der Waals surface area (Å²) in [5.74, 6) is 0.166. The third-order valence-electron chi connectivity index (χ3n) is 4.02. The van der Waals surface area contributed by atoms with Crippen molar-refractivity contribution in [3.8, 4) is 0 Å². The molecular weight excluding hydrogens is 310 g/mol. The maximum absolute atomic E-state index is 12.5. The third kappa shape index (κ3) is 4.07. The zero-order chi connectivity index (χ0) is 16.1. The van der Waals surface area contributed by atoms with Gasteiger partial charge in [-0.2, -0.15) is 0 Å². The Morgan fingerprint density at radius 3 is 2.87 bits per heavy atom. The molecule has 23 heavy (non-hydrogen) atoms. The van der Waals surface area contributed by atoms with Crippen LogP contribution in [0.15, 0.2) is 24.3 Å². The summed E-state index contributed by atoms with van der Waals surface area (Å²) in [7, 11) is 0. The molecule has 0 radical (unpaired) electrons. The van der Waals surface area contributed by atoms with Gasteiger partial charge in [-0.3, -0.25) is 14.6 Å². The number of amides is 1. The molecule has 1 amide bonds. The van der Waals surface area contributed by atoms with E-state index in [1.165, 1.54) is 0 Å². The minimum atomic E-state index is 0.166. The fourth-order valence-corrected chi connectivity index (χ4v) is 3.73. The van der Waals surface area contributed by atoms with E-state index >= 15 is 0 Å². The van der Waals surface area contributed by atoms with Gasteiger partial charge >= 0.3 is 0 Å². The Morgan fingerprint density at radius 1 is 1.35 bits per heavy atom. The number of anilines is 1. The number of carbonyl (C=O) groups excluding carboxylic acids is 1. The minimum Gasteiger partial charge on any atom is -0.379 e. The Hall–Kier alpha value is -1.50. The maximum Gasteiger partial charge on any atom is 0.228 e. The number of thiazole rings is 1. The molecule has 6 heteroatoms. The predicted octanol–water partition coefficient (Wildman–Crippen LogP) is 2.76. The SMILES string of the molecule is CCCC(=O)N(CCN1CCOCC1)c1nc2ccccc2s1. The summed E-state index contributed by atoms with van der Waals surface area (Å²) < 4.78 is 6.51. The second kappa shape index (κ2) is 7.86. The fraction of sp³-hybridized carbons (Fsp3) is 0.529. The Kier molecular flexibility index (Phi) is 5.59. The summed E-state index contributed by atoms with van der Waals surface area (Å²) >= 11 is 1.60. The molecule has 0 unspecified atom stereocenters. The maximum atomic E-state index is 12.5. The molecule has 0 bridgehead atoms. The topological polar surface area (TPSA) is 45.7 Å². The molecule has 2 aromatic rings. The van der Waals surface area contributed by atoms with Gasteiger partial charge in [-0.05, 0) is 18.6 Å². The molecule has 124 valence electrons. The molecule has 1 fully saturated rings. The number of aromatic nitrogens is 1. The summed E-state index contributed by atoms with van der Waals surface area (Å²) in [5.41, 5.74) is 0.966. The van der Waals surface area contributed by atoms with Crippen molar-refractivity contribution < 1.29 is 9.53 Å². The van der Waals surface area contributed by atoms with Crippen molar-refractivity contribution in [1.82, 2.24) is 9.88 Å². The summed E-state index contributed by atoms with van der Waals surface area (Å²) in [6.45, 7) is 7.04. The van der Waals surface area contributed by atoms with E-state index in [1.807, 2.05) is 30.0 Å². The lowest BCUT2D eigenvalue weighted by Gasteiger charge is -2.29. The number of carbonyl (C=O) groups is 1. The van der Waals surface area contributed by atoms with Gasteiger partial charge in [-0.15, -0.1) is 0 Å². The zero-order valence-corrected chi connectivity index (χ0v) is 14.3. The molecule has 0 N–H and O–H groups in total. The molecule has 1 aliphatic rings. The molecular formula is C17H23N3O2S. The first-order valence-corrected chi connectivity index (χ1v) is 9.05. The molecule has 1 saturated heterocycles. The van der Waals surface area contributed by atoms with Crippen molar-refractivity contribution in [1.29, 1.82) is 0 Å². The number of fused-ring (bicyclic) bond motifs is 1. The molecule has 0 spiro atoms. The highest BCUT2D eigenvalue weighted by Crippen LogP contribution is 2.29. The first-order valence-electron chi connectivity index (χ1n) is 8.24. The van der Waals surface area contributed by atoms with Crippen LogP contribution in [0, 0.1) is 0 Å². The van der Waals surface area contributed by atoms with Crippen molar-refractivity contribution in [2.24, 2.45) is 0 Å². The van der Waals surface area contributed by atoms with Crippen molar-refractivity contribution in [2.45, 2.75) is 19.8 Å². The predicted molar refractivity (Wildman–Crippen MR) is 94.1 cm³/mol. The van der Waals surface area contributed by atoms with E-state index in [9.17, 15) is 4.79 Å². The van der Waals surface area contributed by atoms with Crippen LogP contribution in [0.25, 0.3) is 10.2 Å². The molecule has 0 aliphatic carbocycles. The quantitative estimate of drug-likeness (QED) is 0.815. The van der Waals surface area contributed by atoms with Crippen molar-refractivity contribution >= 4 is 32.6 Å². The van der Waals surface area contributed by atoms with Gasteiger partial charge in [0.05, 0.1) is 23.4 Å². The third-order valence-corrected chi connectivity index (χ3v) is 5.08. The van der Waals surface area contributed by atoms with Crippen LogP contribution in [-0.2, 0) is 9.53 Å². The minimum absolute atomic E-state index is 0.166. The molecule has 1 aliphatic heterocycles. The molecule has 5 nitrogen and oxygen atoms in total. The highest BCUT2D eigenvalue weighted by molar-refractivity contribution is 7.22. The molecule has 2 heterocycles. The van der Waals surface area contributed by atoms with Crippen LogP contribution in [0.4, 0.5) is 5.13 Å². The number of para-hydroxylation sites is 1. The Bertz CT molecular complexity index is 619. The van der Waals surface area contributed by atoms with Crippen LogP contribution >= 0.6 is 11.3 Å². The highest BCUT2D eigenvalue weighted by atomic mass is 32.1. The first-order chi connectivity index (χ1) is 11.3. The summed E-state index contributed by atoms with van der Waals surface area (Å²) in [4.78, 5) is 21.4.